The Morgan fingerprint density at radius 2 is 1.56 bits per heavy atom. The maximum Gasteiger partial charge on any atom is 0.266 e. The van der Waals surface area contributed by atoms with Gasteiger partial charge in [0.1, 0.15) is 5.82 Å². The van der Waals surface area contributed by atoms with E-state index in [2.05, 4.69) is 0 Å². The summed E-state index contributed by atoms with van der Waals surface area (Å²) in [7, 11) is 0. The second-order valence-corrected chi connectivity index (χ2v) is 4.45. The van der Waals surface area contributed by atoms with E-state index >= 15 is 0 Å². The number of alkyl halides is 2. The van der Waals surface area contributed by atoms with Crippen LogP contribution in [0.15, 0.2) is 36.4 Å². The minimum atomic E-state index is -2.88. The smallest absolute Gasteiger partial charge is 0.206 e. The van der Waals surface area contributed by atoms with Gasteiger partial charge in [0.05, 0.1) is 5.56 Å². The zero-order valence-electron chi connectivity index (χ0n) is 8.93. The average Bonchev–Trinajstić information content (AvgIpc) is 2.30. The Balaban J connectivity index is 2.62. The van der Waals surface area contributed by atoms with Crippen molar-refractivity contribution in [3.8, 4) is 11.1 Å². The van der Waals surface area contributed by atoms with Crippen LogP contribution in [0.25, 0.3) is 11.1 Å². The highest BCUT2D eigenvalue weighted by atomic mass is 35.5. The number of halogens is 5. The van der Waals surface area contributed by atoms with Gasteiger partial charge in [0.25, 0.3) is 6.43 Å². The van der Waals surface area contributed by atoms with Crippen molar-refractivity contribution in [3.63, 3.8) is 0 Å². The number of benzene rings is 2. The molecule has 94 valence electrons. The molecule has 0 fully saturated rings. The van der Waals surface area contributed by atoms with E-state index in [4.69, 9.17) is 23.2 Å². The molecule has 0 N–H and O–H groups in total. The lowest BCUT2D eigenvalue weighted by atomic mass is 10.0. The van der Waals surface area contributed by atoms with Crippen molar-refractivity contribution in [3.05, 3.63) is 57.8 Å². The largest absolute Gasteiger partial charge is 0.266 e. The van der Waals surface area contributed by atoms with E-state index in [1.54, 1.807) is 18.2 Å². The lowest BCUT2D eigenvalue weighted by Gasteiger charge is -2.09. The van der Waals surface area contributed by atoms with Gasteiger partial charge in [-0.2, -0.15) is 0 Å². The van der Waals surface area contributed by atoms with Crippen LogP contribution < -0.4 is 0 Å². The van der Waals surface area contributed by atoms with Gasteiger partial charge in [-0.25, -0.2) is 13.2 Å². The van der Waals surface area contributed by atoms with Gasteiger partial charge < -0.3 is 0 Å². The maximum absolute atomic E-state index is 13.2. The number of hydrogen-bond donors (Lipinski definition) is 0. The van der Waals surface area contributed by atoms with E-state index < -0.39 is 17.8 Å². The highest BCUT2D eigenvalue weighted by molar-refractivity contribution is 6.39. The minimum Gasteiger partial charge on any atom is -0.206 e. The monoisotopic (exact) mass is 290 g/mol. The Kier molecular flexibility index (Phi) is 3.83. The third kappa shape index (κ3) is 2.47. The quantitative estimate of drug-likeness (QED) is 0.662. The summed E-state index contributed by atoms with van der Waals surface area (Å²) in [6.07, 6.45) is -2.88. The van der Waals surface area contributed by atoms with Crippen molar-refractivity contribution < 1.29 is 13.2 Å². The lowest BCUT2D eigenvalue weighted by molar-refractivity contribution is 0.146. The molecule has 0 saturated heterocycles. The second-order valence-electron chi connectivity index (χ2n) is 3.63. The van der Waals surface area contributed by atoms with Crippen LogP contribution in [-0.2, 0) is 0 Å². The van der Waals surface area contributed by atoms with Crippen LogP contribution in [0, 0.1) is 5.82 Å². The summed E-state index contributed by atoms with van der Waals surface area (Å²) in [6, 6.07) is 8.24. The predicted octanol–water partition coefficient (Wildman–Crippen LogP) is 5.74. The fraction of sp³-hybridized carbons (Fsp3) is 0.0769. The summed E-state index contributed by atoms with van der Waals surface area (Å²) >= 11 is 11.9. The van der Waals surface area contributed by atoms with Crippen molar-refractivity contribution in [1.82, 2.24) is 0 Å². The second kappa shape index (κ2) is 5.21. The van der Waals surface area contributed by atoms with Gasteiger partial charge in [0.15, 0.2) is 0 Å². The molecule has 0 radical (unpaired) electrons. The van der Waals surface area contributed by atoms with Crippen LogP contribution in [0.1, 0.15) is 12.0 Å². The highest BCUT2D eigenvalue weighted by Gasteiger charge is 2.16. The molecule has 0 saturated carbocycles. The van der Waals surface area contributed by atoms with Crippen LogP contribution in [0.4, 0.5) is 13.2 Å². The summed E-state index contributed by atoms with van der Waals surface area (Å²) in [5.41, 5.74) is 0.119. The SMILES string of the molecule is Fc1ccc(-c2c(Cl)cccc2Cl)cc1C(F)F. The summed E-state index contributed by atoms with van der Waals surface area (Å²) in [5.74, 6) is -0.947. The molecule has 0 heterocycles. The fourth-order valence-electron chi connectivity index (χ4n) is 1.64. The van der Waals surface area contributed by atoms with Crippen LogP contribution in [-0.4, -0.2) is 0 Å². The van der Waals surface area contributed by atoms with Crippen LogP contribution in [0.2, 0.25) is 10.0 Å². The maximum atomic E-state index is 13.2. The highest BCUT2D eigenvalue weighted by Crippen LogP contribution is 2.36. The van der Waals surface area contributed by atoms with Crippen molar-refractivity contribution in [2.45, 2.75) is 6.43 Å². The van der Waals surface area contributed by atoms with Crippen LogP contribution in [0.3, 0.4) is 0 Å². The molecule has 2 rings (SSSR count). The van der Waals surface area contributed by atoms with E-state index in [9.17, 15) is 13.2 Å². The van der Waals surface area contributed by atoms with Gasteiger partial charge in [0.2, 0.25) is 0 Å². The topological polar surface area (TPSA) is 0 Å². The Bertz CT molecular complexity index is 562. The Morgan fingerprint density at radius 3 is 2.11 bits per heavy atom. The molecule has 0 bridgehead atoms. The van der Waals surface area contributed by atoms with Gasteiger partial charge >= 0.3 is 0 Å². The minimum absolute atomic E-state index is 0.328. The normalized spacial score (nSPS) is 11.0. The number of rotatable bonds is 2. The third-order valence-corrected chi connectivity index (χ3v) is 3.11. The number of hydrogen-bond acceptors (Lipinski definition) is 0. The van der Waals surface area contributed by atoms with E-state index in [0.29, 0.717) is 21.2 Å². The van der Waals surface area contributed by atoms with Crippen LogP contribution in [0.5, 0.6) is 0 Å². The third-order valence-electron chi connectivity index (χ3n) is 2.48. The predicted molar refractivity (Wildman–Crippen MR) is 66.8 cm³/mol. The molecule has 2 aromatic carbocycles. The van der Waals surface area contributed by atoms with E-state index in [0.717, 1.165) is 12.1 Å². The molecule has 5 heteroatoms. The van der Waals surface area contributed by atoms with Crippen molar-refractivity contribution in [1.29, 1.82) is 0 Å². The molecule has 0 nitrogen and oxygen atoms in total. The van der Waals surface area contributed by atoms with Gasteiger partial charge in [-0.3, -0.25) is 0 Å². The van der Waals surface area contributed by atoms with Crippen molar-refractivity contribution in [2.24, 2.45) is 0 Å². The molecule has 0 atom stereocenters. The van der Waals surface area contributed by atoms with Crippen LogP contribution >= 0.6 is 23.2 Å². The molecule has 2 aromatic rings. The molecule has 0 aliphatic heterocycles. The zero-order chi connectivity index (χ0) is 13.3. The van der Waals surface area contributed by atoms with E-state index in [-0.39, 0.29) is 0 Å². The van der Waals surface area contributed by atoms with Gasteiger partial charge in [-0.1, -0.05) is 35.3 Å². The fourth-order valence-corrected chi connectivity index (χ4v) is 2.26. The molecule has 0 amide bonds. The molecule has 0 aliphatic carbocycles. The summed E-state index contributed by atoms with van der Waals surface area (Å²) < 4.78 is 38.4. The molecule has 0 aromatic heterocycles. The van der Waals surface area contributed by atoms with E-state index in [1.165, 1.54) is 6.07 Å². The summed E-state index contributed by atoms with van der Waals surface area (Å²) in [6.45, 7) is 0. The first-order valence-corrected chi connectivity index (χ1v) is 5.78. The van der Waals surface area contributed by atoms with Crippen molar-refractivity contribution >= 4 is 23.2 Å². The first-order valence-electron chi connectivity index (χ1n) is 5.02. The molecular formula is C13H7Cl2F3. The molecule has 0 aliphatic rings. The molecule has 18 heavy (non-hydrogen) atoms. The average molecular weight is 291 g/mol. The van der Waals surface area contributed by atoms with Gasteiger partial charge in [-0.15, -0.1) is 0 Å². The summed E-state index contributed by atoms with van der Waals surface area (Å²) in [4.78, 5) is 0. The Labute approximate surface area is 112 Å². The van der Waals surface area contributed by atoms with E-state index in [1.807, 2.05) is 0 Å². The Hall–Kier alpha value is -1.19. The standard InChI is InChI=1S/C13H7Cl2F3/c14-9-2-1-3-10(15)12(9)7-4-5-11(16)8(6-7)13(17)18/h1-6,13H. The van der Waals surface area contributed by atoms with Crippen molar-refractivity contribution in [2.75, 3.05) is 0 Å². The lowest BCUT2D eigenvalue weighted by Crippen LogP contribution is -1.92. The zero-order valence-corrected chi connectivity index (χ0v) is 10.4. The molecule has 0 spiro atoms. The van der Waals surface area contributed by atoms with Gasteiger partial charge in [0, 0.05) is 15.6 Å². The molecular weight excluding hydrogens is 284 g/mol. The summed E-state index contributed by atoms with van der Waals surface area (Å²) in [5, 5.41) is 0.656. The molecule has 0 unspecified atom stereocenters. The first kappa shape index (κ1) is 13.2. The van der Waals surface area contributed by atoms with Gasteiger partial charge in [-0.05, 0) is 29.8 Å². The Morgan fingerprint density at radius 1 is 0.944 bits per heavy atom. The first-order chi connectivity index (χ1) is 8.50.